The summed E-state index contributed by atoms with van der Waals surface area (Å²) in [7, 11) is 0. The maximum absolute atomic E-state index is 15.0. The lowest BCUT2D eigenvalue weighted by molar-refractivity contribution is -0.155. The lowest BCUT2D eigenvalue weighted by Gasteiger charge is -2.41. The minimum atomic E-state index is -1.51. The van der Waals surface area contributed by atoms with Gasteiger partial charge < -0.3 is 49.5 Å². The van der Waals surface area contributed by atoms with Crippen LogP contribution in [0.3, 0.4) is 0 Å². The van der Waals surface area contributed by atoms with Gasteiger partial charge in [0.05, 0.1) is 17.9 Å². The van der Waals surface area contributed by atoms with Crippen molar-refractivity contribution >= 4 is 17.7 Å². The van der Waals surface area contributed by atoms with Gasteiger partial charge in [0.25, 0.3) is 0 Å². The molecule has 2 aromatic rings. The Hall–Kier alpha value is -3.57. The fourth-order valence-electron chi connectivity index (χ4n) is 5.52. The second-order valence-corrected chi connectivity index (χ2v) is 11.2. The van der Waals surface area contributed by atoms with E-state index in [-0.39, 0.29) is 31.1 Å². The van der Waals surface area contributed by atoms with E-state index in [1.165, 1.54) is 31.2 Å². The number of nitrogens with zero attached hydrogens (tertiary/aromatic N) is 1. The highest BCUT2D eigenvalue weighted by atomic mass is 19.2. The first-order valence-corrected chi connectivity index (χ1v) is 14.7. The zero-order chi connectivity index (χ0) is 33.1. The molecule has 0 unspecified atom stereocenters. The van der Waals surface area contributed by atoms with E-state index in [1.54, 1.807) is 6.92 Å². The van der Waals surface area contributed by atoms with Crippen LogP contribution < -0.4 is 10.1 Å². The first-order chi connectivity index (χ1) is 22.0. The Bertz CT molecular complexity index is 1480. The minimum Gasteiger partial charge on any atom is -0.462 e. The van der Waals surface area contributed by atoms with Crippen molar-refractivity contribution in [2.75, 3.05) is 6.79 Å². The predicted molar refractivity (Wildman–Crippen MR) is 153 cm³/mol. The number of benzene rings is 2. The number of rotatable bonds is 10. The number of amides is 1. The monoisotopic (exact) mass is 652 g/mol. The number of hydrogen-bond donors (Lipinski definition) is 5. The van der Waals surface area contributed by atoms with Crippen LogP contribution in [0.15, 0.2) is 47.1 Å². The number of carbonyl (C=O) groups is 1. The van der Waals surface area contributed by atoms with Crippen molar-refractivity contribution in [1.29, 1.82) is 0 Å². The zero-order valence-corrected chi connectivity index (χ0v) is 24.9. The van der Waals surface area contributed by atoms with Crippen LogP contribution in [0.25, 0.3) is 6.08 Å². The van der Waals surface area contributed by atoms with Gasteiger partial charge in [-0.3, -0.25) is 4.79 Å². The second kappa shape index (κ2) is 14.5. The van der Waals surface area contributed by atoms with Gasteiger partial charge in [-0.15, -0.1) is 0 Å². The van der Waals surface area contributed by atoms with Crippen molar-refractivity contribution in [2.45, 2.75) is 88.4 Å². The molecule has 5 N–H and O–H groups in total. The van der Waals surface area contributed by atoms with Gasteiger partial charge in [-0.2, -0.15) is 0 Å². The molecular formula is C31H35F3N2O10. The highest BCUT2D eigenvalue weighted by Crippen LogP contribution is 2.31. The van der Waals surface area contributed by atoms with E-state index in [2.05, 4.69) is 10.5 Å². The minimum absolute atomic E-state index is 0.000428. The molecule has 0 spiro atoms. The number of fused-ring (bicyclic) bond motifs is 1. The summed E-state index contributed by atoms with van der Waals surface area (Å²) in [6.07, 6.45) is -7.36. The summed E-state index contributed by atoms with van der Waals surface area (Å²) in [5.41, 5.74) is 1.11. The molecule has 2 aromatic carbocycles. The van der Waals surface area contributed by atoms with Crippen LogP contribution in [0.1, 0.15) is 37.8 Å². The number of nitrogens with one attached hydrogen (secondary N) is 1. The van der Waals surface area contributed by atoms with Crippen LogP contribution in [0.2, 0.25) is 0 Å². The third-order valence-corrected chi connectivity index (χ3v) is 8.03. The van der Waals surface area contributed by atoms with E-state index in [9.17, 15) is 34.0 Å². The van der Waals surface area contributed by atoms with E-state index in [0.29, 0.717) is 23.3 Å². The van der Waals surface area contributed by atoms with Crippen molar-refractivity contribution in [3.63, 3.8) is 0 Å². The molecule has 0 bridgehead atoms. The molecule has 0 radical (unpaired) electrons. The van der Waals surface area contributed by atoms with E-state index >= 15 is 4.39 Å². The van der Waals surface area contributed by atoms with Gasteiger partial charge in [0.1, 0.15) is 50.0 Å². The summed E-state index contributed by atoms with van der Waals surface area (Å²) < 4.78 is 63.5. The topological polar surface area (TPSA) is 169 Å². The highest BCUT2D eigenvalue weighted by Gasteiger charge is 2.53. The smallest absolute Gasteiger partial charge is 0.247 e. The third kappa shape index (κ3) is 7.36. The molecule has 5 rings (SSSR count). The molecule has 250 valence electrons. The van der Waals surface area contributed by atoms with Gasteiger partial charge in [0, 0.05) is 12.0 Å². The number of carbonyl (C=O) groups excluding carboxylic acids is 1. The Balaban J connectivity index is 1.17. The second-order valence-electron chi connectivity index (χ2n) is 11.2. The molecule has 9 atom stereocenters. The maximum Gasteiger partial charge on any atom is 0.247 e. The molecular weight excluding hydrogens is 617 g/mol. The van der Waals surface area contributed by atoms with Gasteiger partial charge in [-0.1, -0.05) is 24.2 Å². The van der Waals surface area contributed by atoms with Crippen LogP contribution in [-0.4, -0.2) is 93.9 Å². The van der Waals surface area contributed by atoms with Crippen LogP contribution in [0.4, 0.5) is 13.2 Å². The first kappa shape index (κ1) is 33.8. The lowest BCUT2D eigenvalue weighted by Crippen LogP contribution is -2.67. The number of hydrogen-bond acceptors (Lipinski definition) is 11. The number of halogens is 3. The number of oxime groups is 1. The summed E-state index contributed by atoms with van der Waals surface area (Å²) in [5.74, 6) is -3.61. The van der Waals surface area contributed by atoms with Crippen molar-refractivity contribution in [1.82, 2.24) is 5.32 Å². The Kier molecular flexibility index (Phi) is 10.6. The largest absolute Gasteiger partial charge is 0.462 e. The molecule has 1 aliphatic carbocycles. The Labute approximate surface area is 262 Å². The molecule has 12 nitrogen and oxygen atoms in total. The Morgan fingerprint density at radius 3 is 2.43 bits per heavy atom. The highest BCUT2D eigenvalue weighted by molar-refractivity contribution is 5.97. The van der Waals surface area contributed by atoms with Crippen LogP contribution in [0, 0.1) is 17.5 Å². The summed E-state index contributed by atoms with van der Waals surface area (Å²) in [4.78, 5) is 18.1. The van der Waals surface area contributed by atoms with E-state index in [0.717, 1.165) is 18.2 Å². The molecule has 46 heavy (non-hydrogen) atoms. The predicted octanol–water partition coefficient (Wildman–Crippen LogP) is 1.67. The first-order valence-electron chi connectivity index (χ1n) is 14.7. The number of aliphatic hydroxyl groups is 4. The molecule has 2 aliphatic heterocycles. The summed E-state index contributed by atoms with van der Waals surface area (Å²) in [6.45, 7) is 2.91. The molecule has 3 aliphatic rings. The average molecular weight is 653 g/mol. The third-order valence-electron chi connectivity index (χ3n) is 8.03. The molecule has 0 aromatic heterocycles. The number of ether oxygens (including phenoxy) is 4. The summed E-state index contributed by atoms with van der Waals surface area (Å²) in [6, 6.07) is 6.03. The van der Waals surface area contributed by atoms with Gasteiger partial charge in [0.15, 0.2) is 23.2 Å². The standard InChI is InChI=1S/C31H35F3N2O10/c1-3-20(36-44-12-16-4-6-17(32)18(33)10-16)28-21(37)11-23(46-28)45-22-7-5-15(9-19(22)34)8-14(2)31(41)35-24-25(38)27(40)30-29(26(24)39)42-13-43-30/h4-10,21,23-30,37-40H,3,11-13H2,1-2H3,(H,35,41)/t21-,23+,24+,25-,26+,27+,28+,29-,30+/m0/s1. The van der Waals surface area contributed by atoms with Crippen LogP contribution in [0.5, 0.6) is 5.75 Å². The fraction of sp³-hybridized carbons (Fsp3) is 0.484. The van der Waals surface area contributed by atoms with Gasteiger partial charge in [-0.25, -0.2) is 13.2 Å². The average Bonchev–Trinajstić information content (AvgIpc) is 3.66. The summed E-state index contributed by atoms with van der Waals surface area (Å²) >= 11 is 0. The van der Waals surface area contributed by atoms with E-state index in [4.69, 9.17) is 23.8 Å². The Morgan fingerprint density at radius 1 is 1.00 bits per heavy atom. The van der Waals surface area contributed by atoms with Crippen molar-refractivity contribution < 1.29 is 62.2 Å². The van der Waals surface area contributed by atoms with E-state index in [1.807, 2.05) is 0 Å². The van der Waals surface area contributed by atoms with Crippen LogP contribution >= 0.6 is 0 Å². The summed E-state index contributed by atoms with van der Waals surface area (Å²) in [5, 5.41) is 48.4. The van der Waals surface area contributed by atoms with Gasteiger partial charge >= 0.3 is 0 Å². The zero-order valence-electron chi connectivity index (χ0n) is 24.9. The molecule has 2 heterocycles. The normalized spacial score (nSPS) is 31.5. The van der Waals surface area contributed by atoms with Gasteiger partial charge in [0.2, 0.25) is 12.2 Å². The van der Waals surface area contributed by atoms with Crippen LogP contribution in [-0.2, 0) is 30.4 Å². The molecule has 15 heteroatoms. The van der Waals surface area contributed by atoms with Gasteiger partial charge in [-0.05, 0) is 54.8 Å². The lowest BCUT2D eigenvalue weighted by atomic mass is 9.83. The molecule has 1 saturated carbocycles. The van der Waals surface area contributed by atoms with Crippen molar-refractivity contribution in [2.24, 2.45) is 5.16 Å². The quantitative estimate of drug-likeness (QED) is 0.145. The fourth-order valence-corrected chi connectivity index (χ4v) is 5.52. The molecule has 2 saturated heterocycles. The number of aliphatic hydroxyl groups excluding tert-OH is 4. The van der Waals surface area contributed by atoms with Crippen molar-refractivity contribution in [3.05, 3.63) is 70.5 Å². The van der Waals surface area contributed by atoms with Crippen molar-refractivity contribution in [3.8, 4) is 5.75 Å². The SMILES string of the molecule is CCC(=NOCc1ccc(F)c(F)c1)[C@H]1O[C@@H](Oc2ccc(C=C(C)C(=O)N[C@@H]3[C@H](O)[C@@H](O)[C@H]4OCO[C@H]4[C@@H]3O)cc2F)C[C@@H]1O. The molecule has 3 fully saturated rings. The Morgan fingerprint density at radius 2 is 1.74 bits per heavy atom. The molecule has 1 amide bonds. The van der Waals surface area contributed by atoms with E-state index < -0.39 is 78.4 Å². The maximum atomic E-state index is 15.0.